The molecule has 5 rings (SSSR count). The fourth-order valence-electron chi connectivity index (χ4n) is 4.69. The zero-order valence-corrected chi connectivity index (χ0v) is 17.7. The van der Waals surface area contributed by atoms with Crippen molar-refractivity contribution in [1.29, 1.82) is 0 Å². The fourth-order valence-corrected chi connectivity index (χ4v) is 4.69. The van der Waals surface area contributed by atoms with Gasteiger partial charge in [0.2, 0.25) is 0 Å². The van der Waals surface area contributed by atoms with E-state index in [0.29, 0.717) is 24.2 Å². The first-order chi connectivity index (χ1) is 15.5. The van der Waals surface area contributed by atoms with E-state index >= 15 is 0 Å². The molecule has 6 heteroatoms. The topological polar surface area (TPSA) is 79.4 Å². The van der Waals surface area contributed by atoms with E-state index in [4.69, 9.17) is 4.74 Å². The zero-order chi connectivity index (χ0) is 22.3. The number of hydrogen-bond acceptors (Lipinski definition) is 4. The average molecular weight is 427 g/mol. The minimum Gasteiger partial charge on any atom is -0.508 e. The molecule has 2 heterocycles. The third-order valence-corrected chi connectivity index (χ3v) is 6.36. The van der Waals surface area contributed by atoms with Crippen LogP contribution in [0.4, 0.5) is 5.69 Å². The van der Waals surface area contributed by atoms with Gasteiger partial charge in [0.25, 0.3) is 0 Å². The Kier molecular flexibility index (Phi) is 4.79. The van der Waals surface area contributed by atoms with Crippen molar-refractivity contribution in [3.05, 3.63) is 95.2 Å². The highest BCUT2D eigenvalue weighted by Crippen LogP contribution is 2.37. The molecule has 1 amide bonds. The van der Waals surface area contributed by atoms with Crippen LogP contribution < -0.4 is 4.48 Å². The van der Waals surface area contributed by atoms with Gasteiger partial charge < -0.3 is 14.8 Å². The van der Waals surface area contributed by atoms with Crippen LogP contribution in [0, 0.1) is 0 Å². The van der Waals surface area contributed by atoms with Crippen LogP contribution in [-0.2, 0) is 17.7 Å². The quantitative estimate of drug-likeness (QED) is 0.371. The van der Waals surface area contributed by atoms with Crippen LogP contribution in [0.2, 0.25) is 0 Å². The normalized spacial score (nSPS) is 17.7. The molecule has 1 aliphatic rings. The van der Waals surface area contributed by atoms with Gasteiger partial charge in [0, 0.05) is 29.5 Å². The summed E-state index contributed by atoms with van der Waals surface area (Å²) in [4.78, 5) is 29.3. The monoisotopic (exact) mass is 427 g/mol. The number of carbonyl (C=O) groups excluding carboxylic acids is 2. The maximum absolute atomic E-state index is 13.9. The Hall–Kier alpha value is -3.90. The zero-order valence-electron chi connectivity index (χ0n) is 17.7. The summed E-state index contributed by atoms with van der Waals surface area (Å²) < 4.78 is 4.90. The van der Waals surface area contributed by atoms with Crippen molar-refractivity contribution in [2.45, 2.75) is 13.0 Å². The molecule has 1 unspecified atom stereocenters. The Morgan fingerprint density at radius 2 is 1.62 bits per heavy atom. The third-order valence-electron chi connectivity index (χ3n) is 6.36. The van der Waals surface area contributed by atoms with E-state index in [9.17, 15) is 14.7 Å². The first-order valence-corrected chi connectivity index (χ1v) is 10.5. The number of aromatic nitrogens is 1. The standard InChI is InChI=1S/C26H22N2O4/c1-32-26(31)18-6-10-19(11-7-18)28(25(30)17-8-12-20(29)13-9-17)15-14-22-21-4-2-3-5-23(21)27-24(22)16-28/h2-13,27H,14-16H2,1H3/p+1. The van der Waals surface area contributed by atoms with Crippen LogP contribution in [0.3, 0.4) is 0 Å². The van der Waals surface area contributed by atoms with E-state index < -0.39 is 5.97 Å². The van der Waals surface area contributed by atoms with Crippen LogP contribution in [0.15, 0.2) is 72.8 Å². The molecule has 0 saturated heterocycles. The number of carbonyl (C=O) groups is 2. The van der Waals surface area contributed by atoms with Crippen LogP contribution in [-0.4, -0.2) is 35.6 Å². The SMILES string of the molecule is COC(=O)c1ccc([N+]2(C(=O)c3ccc(O)cc3)CCc3c([nH]c4ccccc34)C2)cc1. The molecule has 0 radical (unpaired) electrons. The summed E-state index contributed by atoms with van der Waals surface area (Å²) in [7, 11) is 1.35. The highest BCUT2D eigenvalue weighted by atomic mass is 16.5. The number of rotatable bonds is 3. The lowest BCUT2D eigenvalue weighted by molar-refractivity contribution is 0.0600. The summed E-state index contributed by atoms with van der Waals surface area (Å²) in [6.45, 7) is 1.06. The average Bonchev–Trinajstić information content (AvgIpc) is 3.21. The van der Waals surface area contributed by atoms with Crippen molar-refractivity contribution in [2.24, 2.45) is 0 Å². The molecular formula is C26H23N2O4+. The lowest BCUT2D eigenvalue weighted by Gasteiger charge is -2.38. The molecule has 160 valence electrons. The molecule has 1 atom stereocenters. The summed E-state index contributed by atoms with van der Waals surface area (Å²) in [6, 6.07) is 21.6. The highest BCUT2D eigenvalue weighted by Gasteiger charge is 2.44. The largest absolute Gasteiger partial charge is 0.508 e. The molecule has 4 aromatic rings. The van der Waals surface area contributed by atoms with Gasteiger partial charge in [-0.3, -0.25) is 0 Å². The molecule has 0 bridgehead atoms. The molecule has 6 nitrogen and oxygen atoms in total. The number of amides is 1. The number of aromatic amines is 1. The molecule has 0 fully saturated rings. The van der Waals surface area contributed by atoms with Crippen molar-refractivity contribution >= 4 is 28.5 Å². The minimum atomic E-state index is -0.412. The molecule has 0 spiro atoms. The number of benzene rings is 3. The second-order valence-corrected chi connectivity index (χ2v) is 8.12. The maximum atomic E-state index is 13.9. The smallest absolute Gasteiger partial charge is 0.351 e. The van der Waals surface area contributed by atoms with Crippen molar-refractivity contribution in [1.82, 2.24) is 9.47 Å². The Bertz CT molecular complexity index is 1320. The van der Waals surface area contributed by atoms with Gasteiger partial charge in [-0.15, -0.1) is 0 Å². The lowest BCUT2D eigenvalue weighted by Crippen LogP contribution is -2.56. The van der Waals surface area contributed by atoms with Crippen LogP contribution in [0.1, 0.15) is 32.0 Å². The third kappa shape index (κ3) is 3.16. The van der Waals surface area contributed by atoms with E-state index in [0.717, 1.165) is 23.3 Å². The summed E-state index contributed by atoms with van der Waals surface area (Å²) in [6.07, 6.45) is 0.738. The summed E-state index contributed by atoms with van der Waals surface area (Å²) in [5, 5.41) is 10.9. The van der Waals surface area contributed by atoms with Gasteiger partial charge in [0.05, 0.1) is 30.5 Å². The molecule has 32 heavy (non-hydrogen) atoms. The first-order valence-electron chi connectivity index (χ1n) is 10.5. The number of phenols is 1. The summed E-state index contributed by atoms with van der Waals surface area (Å²) in [5.41, 5.74) is 5.13. The highest BCUT2D eigenvalue weighted by molar-refractivity contribution is 6.03. The van der Waals surface area contributed by atoms with Gasteiger partial charge in [-0.25, -0.2) is 14.1 Å². The van der Waals surface area contributed by atoms with Crippen molar-refractivity contribution in [3.8, 4) is 5.75 Å². The van der Waals surface area contributed by atoms with Gasteiger partial charge in [-0.05, 0) is 48.0 Å². The van der Waals surface area contributed by atoms with Crippen molar-refractivity contribution in [3.63, 3.8) is 0 Å². The summed E-state index contributed by atoms with van der Waals surface area (Å²) in [5.74, 6) is -0.350. The van der Waals surface area contributed by atoms with Gasteiger partial charge in [-0.1, -0.05) is 18.2 Å². The molecule has 2 N–H and O–H groups in total. The number of nitrogens with one attached hydrogen (secondary N) is 1. The predicted molar refractivity (Wildman–Crippen MR) is 123 cm³/mol. The number of aromatic hydroxyl groups is 1. The van der Waals surface area contributed by atoms with Crippen LogP contribution >= 0.6 is 0 Å². The Morgan fingerprint density at radius 3 is 2.34 bits per heavy atom. The van der Waals surface area contributed by atoms with Crippen LogP contribution in [0.25, 0.3) is 10.9 Å². The van der Waals surface area contributed by atoms with Crippen molar-refractivity contribution in [2.75, 3.05) is 13.7 Å². The summed E-state index contributed by atoms with van der Waals surface area (Å²) >= 11 is 0. The number of ether oxygens (including phenoxy) is 1. The van der Waals surface area contributed by atoms with E-state index in [-0.39, 0.29) is 16.1 Å². The number of para-hydroxylation sites is 1. The number of hydrogen-bond donors (Lipinski definition) is 2. The Labute approximate surface area is 185 Å². The molecule has 3 aromatic carbocycles. The lowest BCUT2D eigenvalue weighted by atomic mass is 9.98. The van der Waals surface area contributed by atoms with Crippen LogP contribution in [0.5, 0.6) is 5.75 Å². The maximum Gasteiger partial charge on any atom is 0.351 e. The first kappa shape index (κ1) is 20.0. The molecular weight excluding hydrogens is 404 g/mol. The second kappa shape index (κ2) is 7.66. The number of fused-ring (bicyclic) bond motifs is 3. The molecule has 1 aliphatic heterocycles. The van der Waals surface area contributed by atoms with Gasteiger partial charge in [-0.2, -0.15) is 0 Å². The van der Waals surface area contributed by atoms with E-state index in [1.807, 2.05) is 24.3 Å². The molecule has 1 aromatic heterocycles. The number of phenolic OH excluding ortho intramolecular Hbond substituents is 1. The van der Waals surface area contributed by atoms with Crippen molar-refractivity contribution < 1.29 is 19.4 Å². The van der Waals surface area contributed by atoms with E-state index in [1.165, 1.54) is 30.2 Å². The Morgan fingerprint density at radius 1 is 0.938 bits per heavy atom. The van der Waals surface area contributed by atoms with E-state index in [2.05, 4.69) is 17.1 Å². The number of H-pyrrole nitrogens is 1. The predicted octanol–water partition coefficient (Wildman–Crippen LogP) is 4.56. The van der Waals surface area contributed by atoms with Gasteiger partial charge in [0.15, 0.2) is 0 Å². The molecule has 0 saturated carbocycles. The minimum absolute atomic E-state index is 0.0554. The Balaban J connectivity index is 1.63. The second-order valence-electron chi connectivity index (χ2n) is 8.12. The molecule has 0 aliphatic carbocycles. The van der Waals surface area contributed by atoms with E-state index in [1.54, 1.807) is 24.3 Å². The number of quaternary nitrogens is 1. The van der Waals surface area contributed by atoms with Gasteiger partial charge >= 0.3 is 11.9 Å². The number of methoxy groups -OCH3 is 1. The number of esters is 1. The fraction of sp³-hybridized carbons (Fsp3) is 0.154. The van der Waals surface area contributed by atoms with Gasteiger partial charge in [0.1, 0.15) is 18.0 Å². The number of nitrogens with zero attached hydrogens (tertiary/aromatic N) is 1.